The maximum Gasteiger partial charge on any atom is 0.264 e. The maximum atomic E-state index is 13.6. The first kappa shape index (κ1) is 35.1. The Kier molecular flexibility index (Phi) is 9.32. The number of carbonyl (C=O) groups excluding carboxylic acids is 1. The van der Waals surface area contributed by atoms with E-state index in [0.717, 1.165) is 75.2 Å². The predicted molar refractivity (Wildman–Crippen MR) is 195 cm³/mol. The first-order chi connectivity index (χ1) is 23.2. The Balaban J connectivity index is 1.33. The van der Waals surface area contributed by atoms with E-state index in [1.165, 1.54) is 11.1 Å². The minimum absolute atomic E-state index is 0.116. The van der Waals surface area contributed by atoms with Crippen molar-refractivity contribution < 1.29 is 23.1 Å². The Morgan fingerprint density at radius 1 is 0.980 bits per heavy atom. The van der Waals surface area contributed by atoms with Gasteiger partial charge < -0.3 is 19.6 Å². The largest absolute Gasteiger partial charge is 0.490 e. The smallest absolute Gasteiger partial charge is 0.264 e. The van der Waals surface area contributed by atoms with Crippen molar-refractivity contribution in [2.45, 2.75) is 101 Å². The van der Waals surface area contributed by atoms with Gasteiger partial charge in [0.25, 0.3) is 5.91 Å². The van der Waals surface area contributed by atoms with Crippen molar-refractivity contribution in [1.82, 2.24) is 9.62 Å². The van der Waals surface area contributed by atoms with Gasteiger partial charge in [0.05, 0.1) is 23.1 Å². The fourth-order valence-electron chi connectivity index (χ4n) is 10.2. The summed E-state index contributed by atoms with van der Waals surface area (Å²) < 4.78 is 36.1. The number of hydrogen-bond donors (Lipinski definition) is 2. The highest BCUT2D eigenvalue weighted by Gasteiger charge is 2.57. The van der Waals surface area contributed by atoms with Crippen LogP contribution < -0.4 is 14.4 Å². The van der Waals surface area contributed by atoms with E-state index >= 15 is 0 Å². The number of rotatable bonds is 1. The minimum atomic E-state index is -3.93. The molecule has 2 bridgehead atoms. The van der Waals surface area contributed by atoms with E-state index in [1.54, 1.807) is 13.0 Å². The SMILES string of the molecule is C[C@@H]1[C@@H](C)CCC[C@](O)(C2CCN(C)CC2)[C@@H]2CCC2(C)CN2C[C@@]3(CCCc4cc(Cl)ccc43)COc3ccc(cc32)C(=O)NS1(=O)=O. The third kappa shape index (κ3) is 6.40. The zero-order chi connectivity index (χ0) is 34.8. The Labute approximate surface area is 298 Å². The Hall–Kier alpha value is -2.33. The van der Waals surface area contributed by atoms with Crippen molar-refractivity contribution in [1.29, 1.82) is 0 Å². The highest BCUT2D eigenvalue weighted by atomic mass is 35.5. The molecular formula is C39H54ClN3O5S. The van der Waals surface area contributed by atoms with Gasteiger partial charge in [-0.25, -0.2) is 13.1 Å². The third-order valence-corrected chi connectivity index (χ3v) is 15.6. The molecule has 10 heteroatoms. The standard InChI is InChI=1S/C39H54ClN3O5S/c1-26-7-5-17-39(45,30-14-19-42(4)20-15-30)35-13-18-37(35,3)23-43-24-38(16-6-8-28-21-31(40)10-11-32(28)38)25-48-34-12-9-29(22-33(34)43)36(44)41-49(46,47)27(26)2/h9-12,21-22,26-27,30,35,45H,5-8,13-20,23-25H2,1-4H3,(H,41,44)/t26-,27+,35+,37?,38-,39-/m0/s1. The van der Waals surface area contributed by atoms with Crippen molar-refractivity contribution in [3.63, 3.8) is 0 Å². The molecule has 1 spiro atoms. The zero-order valence-electron chi connectivity index (χ0n) is 29.6. The molecule has 0 aromatic heterocycles. The van der Waals surface area contributed by atoms with Gasteiger partial charge in [-0.05, 0) is 149 Å². The van der Waals surface area contributed by atoms with Gasteiger partial charge in [0, 0.05) is 29.1 Å². The molecule has 2 aromatic rings. The lowest BCUT2D eigenvalue weighted by Gasteiger charge is -2.59. The summed E-state index contributed by atoms with van der Waals surface area (Å²) in [5.41, 5.74) is 2.37. The lowest BCUT2D eigenvalue weighted by molar-refractivity contribution is -0.168. The number of aliphatic hydroxyl groups is 1. The van der Waals surface area contributed by atoms with E-state index in [9.17, 15) is 18.3 Å². The lowest BCUT2D eigenvalue weighted by Crippen LogP contribution is -2.61. The Bertz CT molecular complexity index is 1700. The topological polar surface area (TPSA) is 99.2 Å². The molecule has 3 aliphatic heterocycles. The van der Waals surface area contributed by atoms with Gasteiger partial charge in [-0.1, -0.05) is 37.9 Å². The molecule has 1 amide bonds. The van der Waals surface area contributed by atoms with Crippen molar-refractivity contribution in [3.05, 3.63) is 58.1 Å². The summed E-state index contributed by atoms with van der Waals surface area (Å²) in [6.07, 6.45) is 8.98. The summed E-state index contributed by atoms with van der Waals surface area (Å²) in [6, 6.07) is 11.6. The van der Waals surface area contributed by atoms with Crippen LogP contribution in [-0.4, -0.2) is 75.0 Å². The Morgan fingerprint density at radius 2 is 1.76 bits per heavy atom. The number of nitrogens with one attached hydrogen (secondary N) is 1. The van der Waals surface area contributed by atoms with E-state index in [-0.39, 0.29) is 28.6 Å². The number of likely N-dealkylation sites (tertiary alicyclic amines) is 1. The van der Waals surface area contributed by atoms with Crippen molar-refractivity contribution >= 4 is 33.2 Å². The second-order valence-electron chi connectivity index (χ2n) is 16.6. The lowest BCUT2D eigenvalue weighted by atomic mass is 9.50. The number of benzene rings is 2. The van der Waals surface area contributed by atoms with Crippen LogP contribution in [-0.2, 0) is 21.9 Å². The molecule has 3 heterocycles. The first-order valence-electron chi connectivity index (χ1n) is 18.5. The highest BCUT2D eigenvalue weighted by Crippen LogP contribution is 2.58. The summed E-state index contributed by atoms with van der Waals surface area (Å²) in [5.74, 6) is 0.231. The molecule has 1 saturated carbocycles. The second kappa shape index (κ2) is 13.0. The van der Waals surface area contributed by atoms with Crippen molar-refractivity contribution in [2.75, 3.05) is 44.7 Å². The monoisotopic (exact) mass is 711 g/mol. The molecule has 7 rings (SSSR count). The number of piperidine rings is 1. The molecular weight excluding hydrogens is 658 g/mol. The van der Waals surface area contributed by atoms with Crippen LogP contribution in [0.5, 0.6) is 5.75 Å². The molecule has 49 heavy (non-hydrogen) atoms. The Morgan fingerprint density at radius 3 is 2.49 bits per heavy atom. The predicted octanol–water partition coefficient (Wildman–Crippen LogP) is 6.57. The van der Waals surface area contributed by atoms with Gasteiger partial charge in [-0.3, -0.25) is 4.79 Å². The molecule has 0 radical (unpaired) electrons. The van der Waals surface area contributed by atoms with E-state index in [1.807, 2.05) is 25.1 Å². The molecule has 5 aliphatic rings. The van der Waals surface area contributed by atoms with Crippen LogP contribution in [0.4, 0.5) is 5.69 Å². The van der Waals surface area contributed by atoms with Gasteiger partial charge in [0.2, 0.25) is 10.0 Å². The van der Waals surface area contributed by atoms with Crippen LogP contribution in [0.25, 0.3) is 0 Å². The van der Waals surface area contributed by atoms with Crippen LogP contribution >= 0.6 is 11.6 Å². The number of hydrogen-bond acceptors (Lipinski definition) is 7. The number of fused-ring (bicyclic) bond motifs is 4. The van der Waals surface area contributed by atoms with E-state index in [2.05, 4.69) is 40.6 Å². The second-order valence-corrected chi connectivity index (χ2v) is 19.1. The van der Waals surface area contributed by atoms with Crippen LogP contribution in [0, 0.1) is 23.2 Å². The summed E-state index contributed by atoms with van der Waals surface area (Å²) in [7, 11) is -1.77. The van der Waals surface area contributed by atoms with Crippen molar-refractivity contribution in [2.24, 2.45) is 23.2 Å². The number of carbonyl (C=O) groups is 1. The summed E-state index contributed by atoms with van der Waals surface area (Å²) >= 11 is 6.48. The van der Waals surface area contributed by atoms with Gasteiger partial charge in [0.1, 0.15) is 5.75 Å². The van der Waals surface area contributed by atoms with Gasteiger partial charge in [-0.2, -0.15) is 0 Å². The minimum Gasteiger partial charge on any atom is -0.490 e. The van der Waals surface area contributed by atoms with Crippen molar-refractivity contribution in [3.8, 4) is 5.75 Å². The average Bonchev–Trinajstić information content (AvgIpc) is 3.20. The molecule has 1 saturated heterocycles. The van der Waals surface area contributed by atoms with E-state index in [0.29, 0.717) is 43.9 Å². The molecule has 2 N–H and O–H groups in total. The number of nitrogens with zero attached hydrogens (tertiary/aromatic N) is 2. The number of halogens is 1. The number of ether oxygens (including phenoxy) is 1. The quantitative estimate of drug-likeness (QED) is 0.345. The maximum absolute atomic E-state index is 13.6. The highest BCUT2D eigenvalue weighted by molar-refractivity contribution is 7.90. The van der Waals surface area contributed by atoms with Crippen LogP contribution in [0.2, 0.25) is 5.02 Å². The fraction of sp³-hybridized carbons (Fsp3) is 0.667. The summed E-state index contributed by atoms with van der Waals surface area (Å²) in [6.45, 7) is 9.87. The van der Waals surface area contributed by atoms with Crippen LogP contribution in [0.15, 0.2) is 36.4 Å². The van der Waals surface area contributed by atoms with Crippen LogP contribution in [0.3, 0.4) is 0 Å². The number of sulfonamides is 1. The molecule has 2 aliphatic carbocycles. The van der Waals surface area contributed by atoms with Gasteiger partial charge in [0.15, 0.2) is 0 Å². The number of aryl methyl sites for hydroxylation is 1. The van der Waals surface area contributed by atoms with E-state index in [4.69, 9.17) is 16.3 Å². The summed E-state index contributed by atoms with van der Waals surface area (Å²) in [5, 5.41) is 13.0. The molecule has 6 atom stereocenters. The first-order valence-corrected chi connectivity index (χ1v) is 20.4. The third-order valence-electron chi connectivity index (χ3n) is 13.5. The van der Waals surface area contributed by atoms with Gasteiger partial charge in [-0.15, -0.1) is 0 Å². The normalized spacial score (nSPS) is 35.7. The molecule has 2 aromatic carbocycles. The van der Waals surface area contributed by atoms with Crippen LogP contribution in [0.1, 0.15) is 100 Å². The van der Waals surface area contributed by atoms with E-state index < -0.39 is 26.8 Å². The summed E-state index contributed by atoms with van der Waals surface area (Å²) in [4.78, 5) is 18.4. The number of amides is 1. The molecule has 8 nitrogen and oxygen atoms in total. The molecule has 1 unspecified atom stereocenters. The fourth-order valence-corrected chi connectivity index (χ4v) is 11.7. The molecule has 268 valence electrons. The molecule has 2 fully saturated rings. The average molecular weight is 712 g/mol. The zero-order valence-corrected chi connectivity index (χ0v) is 31.2. The number of anilines is 1. The van der Waals surface area contributed by atoms with Gasteiger partial charge >= 0.3 is 0 Å².